The Morgan fingerprint density at radius 1 is 0.522 bits per heavy atom. The lowest BCUT2D eigenvalue weighted by atomic mass is 10.0. The highest BCUT2D eigenvalue weighted by Crippen LogP contribution is 2.32. The van der Waals surface area contributed by atoms with E-state index in [1.54, 1.807) is 12.1 Å². The zero-order chi connectivity index (χ0) is 47.8. The number of unbranched alkanes of at least 4 members (excludes halogenated alkanes) is 14. The molecule has 1 aromatic carbocycles. The molecule has 0 aromatic heterocycles. The molecule has 0 bridgehead atoms. The molecule has 17 heteroatoms. The molecular formula is C50H83N3O14. The van der Waals surface area contributed by atoms with Gasteiger partial charge in [0, 0.05) is 26.1 Å². The lowest BCUT2D eigenvalue weighted by Gasteiger charge is -2.27. The van der Waals surface area contributed by atoms with E-state index in [2.05, 4.69) is 17.6 Å². The highest BCUT2D eigenvalue weighted by atomic mass is 16.6. The number of nitrogens with zero attached hydrogens (tertiary/aromatic N) is 1. The number of nitrogens with one attached hydrogen (secondary N) is 2. The van der Waals surface area contributed by atoms with Gasteiger partial charge in [0.15, 0.2) is 0 Å². The summed E-state index contributed by atoms with van der Waals surface area (Å²) in [5, 5.41) is 4.92. The van der Waals surface area contributed by atoms with E-state index in [1.165, 1.54) is 83.1 Å². The Balaban J connectivity index is 0.960. The van der Waals surface area contributed by atoms with Gasteiger partial charge in [-0.3, -0.25) is 34.2 Å². The number of ether oxygens (including phenoxy) is 9. The van der Waals surface area contributed by atoms with Crippen LogP contribution in [0.4, 0.5) is 5.69 Å². The van der Waals surface area contributed by atoms with Crippen molar-refractivity contribution in [2.24, 2.45) is 0 Å². The van der Waals surface area contributed by atoms with Crippen molar-refractivity contribution < 1.29 is 66.6 Å². The molecule has 1 aromatic rings. The van der Waals surface area contributed by atoms with E-state index in [4.69, 9.17) is 42.6 Å². The Bertz CT molecular complexity index is 1500. The van der Waals surface area contributed by atoms with Crippen molar-refractivity contribution in [3.05, 3.63) is 29.3 Å². The molecule has 1 saturated heterocycles. The molecule has 2 heterocycles. The maximum atomic E-state index is 13.2. The number of hydrogen-bond acceptors (Lipinski definition) is 14. The summed E-state index contributed by atoms with van der Waals surface area (Å²) >= 11 is 0. The fourth-order valence-electron chi connectivity index (χ4n) is 7.58. The minimum atomic E-state index is -1.07. The lowest BCUT2D eigenvalue weighted by Crippen LogP contribution is -2.54. The molecule has 0 spiro atoms. The summed E-state index contributed by atoms with van der Waals surface area (Å²) in [7, 11) is 0. The Labute approximate surface area is 399 Å². The second kappa shape index (κ2) is 39.5. The fourth-order valence-corrected chi connectivity index (χ4v) is 7.58. The van der Waals surface area contributed by atoms with E-state index < -0.39 is 29.7 Å². The Morgan fingerprint density at radius 3 is 1.33 bits per heavy atom. The van der Waals surface area contributed by atoms with Gasteiger partial charge in [-0.25, -0.2) is 0 Å². The zero-order valence-corrected chi connectivity index (χ0v) is 40.6. The van der Waals surface area contributed by atoms with Crippen molar-refractivity contribution in [2.75, 3.05) is 124 Å². The first-order valence-corrected chi connectivity index (χ1v) is 25.3. The van der Waals surface area contributed by atoms with Crippen LogP contribution in [0.1, 0.15) is 150 Å². The number of hydrogen-bond donors (Lipinski definition) is 2. The topological polar surface area (TPSA) is 196 Å². The molecular weight excluding hydrogens is 867 g/mol. The van der Waals surface area contributed by atoms with Gasteiger partial charge in [-0.15, -0.1) is 0 Å². The molecule has 1 unspecified atom stereocenters. The van der Waals surface area contributed by atoms with Crippen LogP contribution in [0.15, 0.2) is 18.2 Å². The SMILES string of the molecule is CCCCCCCCCCCCCCCOCCOCCOCCOCCOCCOCCOCCOCCOCCCCCC(=O)Nc1cccc2c1C(=O)N(C1CCC(=O)NC1=O)C2=O. The van der Waals surface area contributed by atoms with Crippen molar-refractivity contribution >= 4 is 35.2 Å². The fraction of sp³-hybridized carbons (Fsp3) is 0.780. The monoisotopic (exact) mass is 950 g/mol. The third-order valence-electron chi connectivity index (χ3n) is 11.3. The summed E-state index contributed by atoms with van der Waals surface area (Å²) in [5.74, 6) is -2.70. The van der Waals surface area contributed by atoms with Gasteiger partial charge in [0.1, 0.15) is 6.04 Å². The van der Waals surface area contributed by atoms with Gasteiger partial charge in [0.2, 0.25) is 17.7 Å². The Morgan fingerprint density at radius 2 is 0.910 bits per heavy atom. The molecule has 17 nitrogen and oxygen atoms in total. The van der Waals surface area contributed by atoms with Gasteiger partial charge < -0.3 is 47.9 Å². The van der Waals surface area contributed by atoms with E-state index in [9.17, 15) is 24.0 Å². The molecule has 0 aliphatic carbocycles. The summed E-state index contributed by atoms with van der Waals surface area (Å²) in [5.41, 5.74) is 0.391. The highest BCUT2D eigenvalue weighted by molar-refractivity contribution is 6.26. The number of rotatable bonds is 46. The summed E-state index contributed by atoms with van der Waals surface area (Å²) in [4.78, 5) is 63.7. The maximum Gasteiger partial charge on any atom is 0.264 e. The van der Waals surface area contributed by atoms with Gasteiger partial charge in [0.25, 0.3) is 11.8 Å². The zero-order valence-electron chi connectivity index (χ0n) is 40.6. The van der Waals surface area contributed by atoms with Gasteiger partial charge >= 0.3 is 0 Å². The second-order valence-corrected chi connectivity index (χ2v) is 16.8. The third kappa shape index (κ3) is 26.8. The predicted molar refractivity (Wildman–Crippen MR) is 253 cm³/mol. The molecule has 382 valence electrons. The first kappa shape index (κ1) is 57.9. The highest BCUT2D eigenvalue weighted by Gasteiger charge is 2.45. The summed E-state index contributed by atoms with van der Waals surface area (Å²) in [6.07, 6.45) is 20.1. The Kier molecular flexibility index (Phi) is 34.1. The van der Waals surface area contributed by atoms with Gasteiger partial charge in [-0.2, -0.15) is 0 Å². The van der Waals surface area contributed by atoms with Crippen LogP contribution in [0, 0.1) is 0 Å². The van der Waals surface area contributed by atoms with E-state index in [0.29, 0.717) is 119 Å². The molecule has 3 rings (SSSR count). The number of imide groups is 2. The first-order valence-electron chi connectivity index (χ1n) is 25.3. The molecule has 5 amide bonds. The molecule has 1 fully saturated rings. The third-order valence-corrected chi connectivity index (χ3v) is 11.3. The number of carbonyl (C=O) groups excluding carboxylic acids is 5. The van der Waals surface area contributed by atoms with Gasteiger partial charge in [-0.05, 0) is 37.8 Å². The van der Waals surface area contributed by atoms with Crippen LogP contribution in [0.25, 0.3) is 0 Å². The van der Waals surface area contributed by atoms with Gasteiger partial charge in [0.05, 0.1) is 123 Å². The van der Waals surface area contributed by atoms with E-state index >= 15 is 0 Å². The largest absolute Gasteiger partial charge is 0.379 e. The number of fused-ring (bicyclic) bond motifs is 1. The van der Waals surface area contributed by atoms with Crippen LogP contribution in [0.5, 0.6) is 0 Å². The predicted octanol–water partition coefficient (Wildman–Crippen LogP) is 6.83. The van der Waals surface area contributed by atoms with E-state index in [0.717, 1.165) is 30.8 Å². The van der Waals surface area contributed by atoms with Crippen LogP contribution >= 0.6 is 0 Å². The number of carbonyl (C=O) groups is 5. The normalized spacial score (nSPS) is 14.9. The molecule has 2 N–H and O–H groups in total. The van der Waals surface area contributed by atoms with Crippen LogP contribution in [-0.2, 0) is 57.0 Å². The molecule has 2 aliphatic rings. The van der Waals surface area contributed by atoms with Crippen molar-refractivity contribution in [3.63, 3.8) is 0 Å². The molecule has 0 radical (unpaired) electrons. The number of amides is 5. The Hall–Kier alpha value is -3.39. The van der Waals surface area contributed by atoms with Crippen molar-refractivity contribution in [2.45, 2.75) is 135 Å². The average Bonchev–Trinajstić information content (AvgIpc) is 3.57. The van der Waals surface area contributed by atoms with Crippen molar-refractivity contribution in [3.8, 4) is 0 Å². The van der Waals surface area contributed by atoms with Crippen LogP contribution in [0.3, 0.4) is 0 Å². The van der Waals surface area contributed by atoms with Crippen molar-refractivity contribution in [1.82, 2.24) is 10.2 Å². The summed E-state index contributed by atoms with van der Waals surface area (Å²) in [6, 6.07) is 3.54. The number of anilines is 1. The molecule has 1 atom stereocenters. The molecule has 0 saturated carbocycles. The summed E-state index contributed by atoms with van der Waals surface area (Å²) < 4.78 is 50.1. The summed E-state index contributed by atoms with van der Waals surface area (Å²) in [6.45, 7) is 11.7. The molecule has 67 heavy (non-hydrogen) atoms. The van der Waals surface area contributed by atoms with Crippen LogP contribution in [0.2, 0.25) is 0 Å². The number of piperidine rings is 1. The second-order valence-electron chi connectivity index (χ2n) is 16.8. The minimum absolute atomic E-state index is 0.0300. The standard InChI is InChI=1S/C50H83N3O14/c1-2-3-4-5-6-7-8-9-10-11-12-13-16-24-59-26-28-61-30-32-63-34-36-65-38-40-67-41-39-66-37-35-64-33-31-62-29-27-60-25-17-14-15-21-45(54)51-43-20-18-19-42-47(43)50(58)53(49(42)57)44-22-23-46(55)52-48(44)56/h18-20,44H,2-17,21-41H2,1H3,(H,51,54)(H,52,55,56). The minimum Gasteiger partial charge on any atom is -0.379 e. The van der Waals surface area contributed by atoms with Crippen molar-refractivity contribution in [1.29, 1.82) is 0 Å². The van der Waals surface area contributed by atoms with E-state index in [-0.39, 0.29) is 42.0 Å². The van der Waals surface area contributed by atoms with Crippen LogP contribution < -0.4 is 10.6 Å². The van der Waals surface area contributed by atoms with Gasteiger partial charge in [-0.1, -0.05) is 96.5 Å². The quantitative estimate of drug-likeness (QED) is 0.0510. The smallest absolute Gasteiger partial charge is 0.264 e. The maximum absolute atomic E-state index is 13.2. The molecule has 2 aliphatic heterocycles. The number of benzene rings is 1. The van der Waals surface area contributed by atoms with E-state index in [1.807, 2.05) is 0 Å². The average molecular weight is 950 g/mol. The lowest BCUT2D eigenvalue weighted by molar-refractivity contribution is -0.136. The van der Waals surface area contributed by atoms with Crippen LogP contribution in [-0.4, -0.2) is 159 Å². The first-order chi connectivity index (χ1) is 32.9.